The summed E-state index contributed by atoms with van der Waals surface area (Å²) in [5.74, 6) is -0.102. The fourth-order valence-electron chi connectivity index (χ4n) is 2.14. The average molecular weight is 306 g/mol. The molecule has 0 fully saturated rings. The Bertz CT molecular complexity index is 503. The van der Waals surface area contributed by atoms with Crippen molar-refractivity contribution >= 4 is 11.9 Å². The highest BCUT2D eigenvalue weighted by Gasteiger charge is 2.15. The van der Waals surface area contributed by atoms with Gasteiger partial charge in [-0.05, 0) is 26.6 Å². The predicted octanol–water partition coefficient (Wildman–Crippen LogP) is 1.03. The summed E-state index contributed by atoms with van der Waals surface area (Å²) in [5.41, 5.74) is 2.37. The Balaban J connectivity index is 2.45. The van der Waals surface area contributed by atoms with Crippen LogP contribution in [0.2, 0.25) is 0 Å². The summed E-state index contributed by atoms with van der Waals surface area (Å²) in [4.78, 5) is 24.6. The van der Waals surface area contributed by atoms with Gasteiger partial charge in [0.25, 0.3) is 0 Å². The third-order valence-corrected chi connectivity index (χ3v) is 3.29. The van der Waals surface area contributed by atoms with Gasteiger partial charge >= 0.3 is 6.03 Å². The van der Waals surface area contributed by atoms with Crippen LogP contribution in [-0.2, 0) is 4.79 Å². The topological polar surface area (TPSA) is 73.5 Å². The van der Waals surface area contributed by atoms with Gasteiger partial charge in [-0.25, -0.2) is 4.79 Å². The van der Waals surface area contributed by atoms with Gasteiger partial charge in [0.05, 0.1) is 6.04 Å². The minimum atomic E-state index is -0.232. The highest BCUT2D eigenvalue weighted by molar-refractivity contribution is 5.74. The van der Waals surface area contributed by atoms with Crippen molar-refractivity contribution in [1.29, 1.82) is 0 Å². The summed E-state index contributed by atoms with van der Waals surface area (Å²) in [6.07, 6.45) is 0. The smallest absolute Gasteiger partial charge is 0.314 e. The minimum Gasteiger partial charge on any atom is -0.355 e. The van der Waals surface area contributed by atoms with Crippen LogP contribution < -0.4 is 16.0 Å². The van der Waals surface area contributed by atoms with Gasteiger partial charge in [-0.3, -0.25) is 4.79 Å². The quantitative estimate of drug-likeness (QED) is 0.659. The average Bonchev–Trinajstić information content (AvgIpc) is 2.43. The van der Waals surface area contributed by atoms with Crippen LogP contribution in [0.1, 0.15) is 24.1 Å². The third-order valence-electron chi connectivity index (χ3n) is 3.29. The molecule has 1 atom stereocenters. The second-order valence-corrected chi connectivity index (χ2v) is 5.51. The summed E-state index contributed by atoms with van der Waals surface area (Å²) in [6, 6.07) is 8.15. The molecule has 0 bridgehead atoms. The molecule has 0 unspecified atom stereocenters. The minimum absolute atomic E-state index is 0.102. The normalized spacial score (nSPS) is 11.9. The number of aryl methyl sites for hydroxylation is 1. The molecule has 3 amide bonds. The van der Waals surface area contributed by atoms with Crippen molar-refractivity contribution in [3.63, 3.8) is 0 Å². The molecule has 0 saturated carbocycles. The van der Waals surface area contributed by atoms with Crippen LogP contribution in [0, 0.1) is 6.92 Å². The molecule has 0 spiro atoms. The Hall–Kier alpha value is -2.08. The maximum atomic E-state index is 11.8. The molecule has 1 rings (SSSR count). The van der Waals surface area contributed by atoms with Crippen molar-refractivity contribution < 1.29 is 9.59 Å². The number of benzene rings is 1. The summed E-state index contributed by atoms with van der Waals surface area (Å²) in [5, 5.41) is 8.20. The van der Waals surface area contributed by atoms with Gasteiger partial charge in [0.1, 0.15) is 0 Å². The number of carbonyl (C=O) groups is 2. The van der Waals surface area contributed by atoms with Crippen molar-refractivity contribution in [2.24, 2.45) is 0 Å². The molecule has 3 N–H and O–H groups in total. The van der Waals surface area contributed by atoms with E-state index in [0.29, 0.717) is 19.6 Å². The highest BCUT2D eigenvalue weighted by Crippen LogP contribution is 2.18. The molecule has 22 heavy (non-hydrogen) atoms. The molecular weight excluding hydrogens is 280 g/mol. The highest BCUT2D eigenvalue weighted by atomic mass is 16.2. The third kappa shape index (κ3) is 6.58. The number of nitrogens with one attached hydrogen (secondary N) is 3. The van der Waals surface area contributed by atoms with Crippen LogP contribution in [0.5, 0.6) is 0 Å². The maximum absolute atomic E-state index is 11.8. The molecule has 0 aliphatic rings. The maximum Gasteiger partial charge on any atom is 0.314 e. The molecule has 0 saturated heterocycles. The van der Waals surface area contributed by atoms with E-state index < -0.39 is 0 Å². The first-order chi connectivity index (χ1) is 10.4. The van der Waals surface area contributed by atoms with Crippen molar-refractivity contribution in [2.75, 3.05) is 33.7 Å². The Labute approximate surface area is 132 Å². The lowest BCUT2D eigenvalue weighted by Gasteiger charge is -2.25. The number of nitrogens with zero attached hydrogens (tertiary/aromatic N) is 1. The molecule has 0 heterocycles. The monoisotopic (exact) mass is 306 g/mol. The van der Waals surface area contributed by atoms with E-state index in [0.717, 1.165) is 0 Å². The molecule has 6 heteroatoms. The Kier molecular flexibility index (Phi) is 7.39. The zero-order valence-electron chi connectivity index (χ0n) is 13.8. The van der Waals surface area contributed by atoms with Crippen LogP contribution in [0.25, 0.3) is 0 Å². The number of hydrogen-bond acceptors (Lipinski definition) is 3. The first kappa shape index (κ1) is 18.0. The van der Waals surface area contributed by atoms with E-state index >= 15 is 0 Å². The molecule has 122 valence electrons. The van der Waals surface area contributed by atoms with Crippen LogP contribution in [-0.4, -0.2) is 50.6 Å². The zero-order valence-corrected chi connectivity index (χ0v) is 13.8. The van der Waals surface area contributed by atoms with E-state index in [1.807, 2.05) is 20.2 Å². The fraction of sp³-hybridized carbons (Fsp3) is 0.500. The number of rotatable bonds is 7. The van der Waals surface area contributed by atoms with Gasteiger partial charge in [0.15, 0.2) is 0 Å². The van der Waals surface area contributed by atoms with E-state index in [-0.39, 0.29) is 18.0 Å². The Morgan fingerprint density at radius 1 is 1.14 bits per heavy atom. The first-order valence-corrected chi connectivity index (χ1v) is 7.39. The number of carbonyl (C=O) groups excluding carboxylic acids is 2. The molecule has 0 aromatic heterocycles. The van der Waals surface area contributed by atoms with Crippen LogP contribution in [0.15, 0.2) is 24.3 Å². The van der Waals surface area contributed by atoms with Gasteiger partial charge in [0, 0.05) is 26.6 Å². The van der Waals surface area contributed by atoms with Crippen molar-refractivity contribution in [2.45, 2.75) is 19.9 Å². The molecular formula is C16H26N4O2. The van der Waals surface area contributed by atoms with Gasteiger partial charge in [-0.15, -0.1) is 0 Å². The van der Waals surface area contributed by atoms with E-state index in [1.54, 1.807) is 0 Å². The van der Waals surface area contributed by atoms with Gasteiger partial charge in [0.2, 0.25) is 5.91 Å². The second-order valence-electron chi connectivity index (χ2n) is 5.51. The molecule has 0 aliphatic carbocycles. The predicted molar refractivity (Wildman–Crippen MR) is 87.7 cm³/mol. The largest absolute Gasteiger partial charge is 0.355 e. The first-order valence-electron chi connectivity index (χ1n) is 7.39. The molecule has 0 aliphatic heterocycles. The number of urea groups is 1. The zero-order chi connectivity index (χ0) is 16.5. The lowest BCUT2D eigenvalue weighted by Crippen LogP contribution is -2.43. The van der Waals surface area contributed by atoms with Crippen LogP contribution >= 0.6 is 0 Å². The van der Waals surface area contributed by atoms with Crippen molar-refractivity contribution in [3.8, 4) is 0 Å². The van der Waals surface area contributed by atoms with Crippen molar-refractivity contribution in [3.05, 3.63) is 35.4 Å². The van der Waals surface area contributed by atoms with E-state index in [1.165, 1.54) is 18.1 Å². The van der Waals surface area contributed by atoms with Gasteiger partial charge in [-0.1, -0.05) is 29.8 Å². The van der Waals surface area contributed by atoms with Gasteiger partial charge in [-0.2, -0.15) is 0 Å². The van der Waals surface area contributed by atoms with E-state index in [9.17, 15) is 9.59 Å². The van der Waals surface area contributed by atoms with Crippen LogP contribution in [0.4, 0.5) is 4.79 Å². The lowest BCUT2D eigenvalue weighted by atomic mass is 10.0. The molecule has 1 aromatic rings. The molecule has 6 nitrogen and oxygen atoms in total. The lowest BCUT2D eigenvalue weighted by molar-refractivity contribution is -0.118. The Morgan fingerprint density at radius 3 is 2.41 bits per heavy atom. The summed E-state index contributed by atoms with van der Waals surface area (Å²) in [6.45, 7) is 4.85. The molecule has 0 radical (unpaired) electrons. The number of amides is 3. The van der Waals surface area contributed by atoms with E-state index in [2.05, 4.69) is 46.0 Å². The Morgan fingerprint density at radius 2 is 1.82 bits per heavy atom. The van der Waals surface area contributed by atoms with E-state index in [4.69, 9.17) is 0 Å². The summed E-state index contributed by atoms with van der Waals surface area (Å²) >= 11 is 0. The van der Waals surface area contributed by atoms with Crippen LogP contribution in [0.3, 0.4) is 0 Å². The number of likely N-dealkylation sites (N-methyl/N-ethyl adjacent to an activating group) is 1. The van der Waals surface area contributed by atoms with Crippen molar-refractivity contribution in [1.82, 2.24) is 20.9 Å². The summed E-state index contributed by atoms with van der Waals surface area (Å²) < 4.78 is 0. The standard InChI is InChI=1S/C16H26N4O2/c1-12-6-5-7-14(10-12)15(20(3)4)11-19-16(22)18-9-8-17-13(2)21/h5-7,10,15H,8-9,11H2,1-4H3,(H,17,21)(H2,18,19,22)/t15-/m0/s1. The number of hydrogen-bond donors (Lipinski definition) is 3. The fourth-order valence-corrected chi connectivity index (χ4v) is 2.14. The SMILES string of the molecule is CC(=O)NCCNC(=O)NC[C@@H](c1cccc(C)c1)N(C)C. The van der Waals surface area contributed by atoms with Gasteiger partial charge < -0.3 is 20.9 Å². The second kappa shape index (κ2) is 9.04. The molecule has 1 aromatic carbocycles. The summed E-state index contributed by atoms with van der Waals surface area (Å²) in [7, 11) is 3.98.